The molecular formula is C15H24N2OS. The standard InChI is InChI=1S/C15H24N2OS/c1-4-15(3,17-8-6-5-7-9-17)14(18)10-13-11-19-12(2)16-13/h11H,4-10H2,1-3H3. The second-order valence-corrected chi connectivity index (χ2v) is 6.70. The lowest BCUT2D eigenvalue weighted by molar-refractivity contribution is -0.130. The summed E-state index contributed by atoms with van der Waals surface area (Å²) in [5.74, 6) is 0.321. The molecular weight excluding hydrogens is 256 g/mol. The summed E-state index contributed by atoms with van der Waals surface area (Å²) in [5, 5.41) is 3.05. The predicted octanol–water partition coefficient (Wildman–Crippen LogP) is 3.22. The van der Waals surface area contributed by atoms with Gasteiger partial charge in [0.25, 0.3) is 0 Å². The topological polar surface area (TPSA) is 33.2 Å². The number of ketones is 1. The van der Waals surface area contributed by atoms with Crippen molar-refractivity contribution in [3.8, 4) is 0 Å². The van der Waals surface area contributed by atoms with Gasteiger partial charge in [0.05, 0.1) is 22.7 Å². The first-order chi connectivity index (χ1) is 9.06. The highest BCUT2D eigenvalue weighted by atomic mass is 32.1. The Bertz CT molecular complexity index is 437. The molecule has 1 aliphatic heterocycles. The number of aryl methyl sites for hydroxylation is 1. The Labute approximate surface area is 120 Å². The first-order valence-electron chi connectivity index (χ1n) is 7.25. The van der Waals surface area contributed by atoms with E-state index in [-0.39, 0.29) is 5.54 Å². The fraction of sp³-hybridized carbons (Fsp3) is 0.733. The minimum Gasteiger partial charge on any atom is -0.297 e. The largest absolute Gasteiger partial charge is 0.297 e. The molecule has 0 amide bonds. The van der Waals surface area contributed by atoms with Crippen molar-refractivity contribution in [3.63, 3.8) is 0 Å². The van der Waals surface area contributed by atoms with Crippen LogP contribution in [0.1, 0.15) is 50.2 Å². The van der Waals surface area contributed by atoms with Gasteiger partial charge in [0.1, 0.15) is 0 Å². The van der Waals surface area contributed by atoms with Gasteiger partial charge in [-0.2, -0.15) is 0 Å². The lowest BCUT2D eigenvalue weighted by Gasteiger charge is -2.41. The zero-order chi connectivity index (χ0) is 13.9. The van der Waals surface area contributed by atoms with Gasteiger partial charge in [0, 0.05) is 5.38 Å². The molecule has 0 bridgehead atoms. The number of nitrogens with zero attached hydrogens (tertiary/aromatic N) is 2. The van der Waals surface area contributed by atoms with Gasteiger partial charge in [0.2, 0.25) is 0 Å². The lowest BCUT2D eigenvalue weighted by Crippen LogP contribution is -2.54. The van der Waals surface area contributed by atoms with Gasteiger partial charge < -0.3 is 0 Å². The minimum atomic E-state index is -0.308. The first-order valence-corrected chi connectivity index (χ1v) is 8.13. The number of hydrogen-bond acceptors (Lipinski definition) is 4. The van der Waals surface area contributed by atoms with Crippen LogP contribution in [0.25, 0.3) is 0 Å². The molecule has 0 radical (unpaired) electrons. The fourth-order valence-corrected chi connectivity index (χ4v) is 3.44. The molecule has 106 valence electrons. The molecule has 0 aliphatic carbocycles. The van der Waals surface area contributed by atoms with Crippen LogP contribution in [-0.4, -0.2) is 34.3 Å². The Kier molecular flexibility index (Phi) is 4.74. The summed E-state index contributed by atoms with van der Waals surface area (Å²) in [6, 6.07) is 0. The van der Waals surface area contributed by atoms with Crippen LogP contribution in [0, 0.1) is 6.92 Å². The van der Waals surface area contributed by atoms with E-state index in [4.69, 9.17) is 0 Å². The third-order valence-corrected chi connectivity index (χ3v) is 5.17. The Morgan fingerprint density at radius 1 is 1.42 bits per heavy atom. The molecule has 1 unspecified atom stereocenters. The molecule has 1 aromatic heterocycles. The van der Waals surface area contributed by atoms with E-state index in [0.29, 0.717) is 12.2 Å². The van der Waals surface area contributed by atoms with E-state index in [1.54, 1.807) is 11.3 Å². The van der Waals surface area contributed by atoms with Crippen molar-refractivity contribution in [1.82, 2.24) is 9.88 Å². The summed E-state index contributed by atoms with van der Waals surface area (Å²) in [5.41, 5.74) is 0.627. The van der Waals surface area contributed by atoms with Crippen LogP contribution in [0.3, 0.4) is 0 Å². The summed E-state index contributed by atoms with van der Waals surface area (Å²) in [4.78, 5) is 19.5. The molecule has 2 rings (SSSR count). The predicted molar refractivity (Wildman–Crippen MR) is 79.7 cm³/mol. The van der Waals surface area contributed by atoms with Gasteiger partial charge in [0.15, 0.2) is 5.78 Å². The molecule has 0 N–H and O–H groups in total. The Morgan fingerprint density at radius 2 is 2.11 bits per heavy atom. The van der Waals surface area contributed by atoms with Crippen molar-refractivity contribution >= 4 is 17.1 Å². The van der Waals surface area contributed by atoms with Crippen LogP contribution in [0.5, 0.6) is 0 Å². The zero-order valence-electron chi connectivity index (χ0n) is 12.2. The second-order valence-electron chi connectivity index (χ2n) is 5.63. The number of rotatable bonds is 5. The van der Waals surface area contributed by atoms with Crippen molar-refractivity contribution in [3.05, 3.63) is 16.1 Å². The van der Waals surface area contributed by atoms with Gasteiger partial charge >= 0.3 is 0 Å². The van der Waals surface area contributed by atoms with Gasteiger partial charge in [-0.15, -0.1) is 11.3 Å². The first kappa shape index (κ1) is 14.7. The van der Waals surface area contributed by atoms with Crippen molar-refractivity contribution in [2.45, 2.75) is 58.4 Å². The van der Waals surface area contributed by atoms with Gasteiger partial charge in [-0.25, -0.2) is 4.98 Å². The van der Waals surface area contributed by atoms with Crippen molar-refractivity contribution in [2.75, 3.05) is 13.1 Å². The quantitative estimate of drug-likeness (QED) is 0.830. The van der Waals surface area contributed by atoms with E-state index in [0.717, 1.165) is 30.2 Å². The molecule has 0 saturated carbocycles. The van der Waals surface area contributed by atoms with Crippen LogP contribution in [0.15, 0.2) is 5.38 Å². The van der Waals surface area contributed by atoms with Crippen molar-refractivity contribution < 1.29 is 4.79 Å². The van der Waals surface area contributed by atoms with Crippen LogP contribution in [-0.2, 0) is 11.2 Å². The summed E-state index contributed by atoms with van der Waals surface area (Å²) in [6.07, 6.45) is 5.10. The van der Waals surface area contributed by atoms with Crippen molar-refractivity contribution in [1.29, 1.82) is 0 Å². The average Bonchev–Trinajstić information content (AvgIpc) is 2.84. The minimum absolute atomic E-state index is 0.308. The average molecular weight is 280 g/mol. The SMILES string of the molecule is CCC(C)(C(=O)Cc1csc(C)n1)N1CCCCC1. The number of thiazole rings is 1. The van der Waals surface area contributed by atoms with E-state index in [9.17, 15) is 4.79 Å². The van der Waals surface area contributed by atoms with E-state index in [1.807, 2.05) is 12.3 Å². The molecule has 1 aliphatic rings. The molecule has 2 heterocycles. The van der Waals surface area contributed by atoms with Crippen LogP contribution < -0.4 is 0 Å². The van der Waals surface area contributed by atoms with E-state index < -0.39 is 0 Å². The maximum Gasteiger partial charge on any atom is 0.158 e. The highest BCUT2D eigenvalue weighted by molar-refractivity contribution is 7.09. The number of carbonyl (C=O) groups is 1. The molecule has 0 spiro atoms. The Hall–Kier alpha value is -0.740. The van der Waals surface area contributed by atoms with E-state index in [1.165, 1.54) is 19.3 Å². The monoisotopic (exact) mass is 280 g/mol. The van der Waals surface area contributed by atoms with Gasteiger partial charge in [-0.05, 0) is 46.2 Å². The normalized spacial score (nSPS) is 20.2. The van der Waals surface area contributed by atoms with Gasteiger partial charge in [-0.3, -0.25) is 9.69 Å². The molecule has 1 saturated heterocycles. The molecule has 1 atom stereocenters. The van der Waals surface area contributed by atoms with Crippen molar-refractivity contribution in [2.24, 2.45) is 0 Å². The fourth-order valence-electron chi connectivity index (χ4n) is 2.83. The molecule has 1 fully saturated rings. The van der Waals surface area contributed by atoms with Gasteiger partial charge in [-0.1, -0.05) is 13.3 Å². The summed E-state index contributed by atoms with van der Waals surface area (Å²) in [6.45, 7) is 8.35. The highest BCUT2D eigenvalue weighted by Gasteiger charge is 2.37. The number of aromatic nitrogens is 1. The summed E-state index contributed by atoms with van der Waals surface area (Å²) in [7, 11) is 0. The molecule has 3 nitrogen and oxygen atoms in total. The Balaban J connectivity index is 2.08. The number of piperidine rings is 1. The maximum atomic E-state index is 12.7. The number of carbonyl (C=O) groups excluding carboxylic acids is 1. The Morgan fingerprint density at radius 3 is 2.63 bits per heavy atom. The molecule has 19 heavy (non-hydrogen) atoms. The number of likely N-dealkylation sites (tertiary alicyclic amines) is 1. The number of hydrogen-bond donors (Lipinski definition) is 0. The summed E-state index contributed by atoms with van der Waals surface area (Å²) >= 11 is 1.62. The van der Waals surface area contributed by atoms with E-state index >= 15 is 0 Å². The number of Topliss-reactive ketones (excluding diaryl/α,β-unsaturated/α-hetero) is 1. The molecule has 1 aromatic rings. The molecule has 0 aromatic carbocycles. The third kappa shape index (κ3) is 3.23. The molecule has 4 heteroatoms. The summed E-state index contributed by atoms with van der Waals surface area (Å²) < 4.78 is 0. The third-order valence-electron chi connectivity index (χ3n) is 4.35. The van der Waals surface area contributed by atoms with E-state index in [2.05, 4.69) is 23.7 Å². The van der Waals surface area contributed by atoms with Crippen LogP contribution in [0.2, 0.25) is 0 Å². The smallest absolute Gasteiger partial charge is 0.158 e. The van der Waals surface area contributed by atoms with Crippen LogP contribution in [0.4, 0.5) is 0 Å². The lowest BCUT2D eigenvalue weighted by atomic mass is 9.87. The second kappa shape index (κ2) is 6.14. The van der Waals surface area contributed by atoms with Crippen LogP contribution >= 0.6 is 11.3 Å². The maximum absolute atomic E-state index is 12.7. The zero-order valence-corrected chi connectivity index (χ0v) is 13.1. The highest BCUT2D eigenvalue weighted by Crippen LogP contribution is 2.26.